The van der Waals surface area contributed by atoms with Crippen molar-refractivity contribution in [3.05, 3.63) is 27.2 Å². The maximum atomic E-state index is 12.7. The first-order valence-corrected chi connectivity index (χ1v) is 10.4. The van der Waals surface area contributed by atoms with Gasteiger partial charge in [-0.1, -0.05) is 0 Å². The van der Waals surface area contributed by atoms with Gasteiger partial charge in [-0.15, -0.1) is 0 Å². The van der Waals surface area contributed by atoms with E-state index in [9.17, 15) is 24.0 Å². The van der Waals surface area contributed by atoms with E-state index in [4.69, 9.17) is 4.74 Å². The average molecular weight is 448 g/mol. The molecular weight excluding hydrogens is 420 g/mol. The molecule has 2 aromatic heterocycles. The molecule has 0 aliphatic carbocycles. The van der Waals surface area contributed by atoms with Gasteiger partial charge in [0, 0.05) is 34.2 Å². The molecule has 12 nitrogen and oxygen atoms in total. The zero-order valence-corrected chi connectivity index (χ0v) is 18.7. The summed E-state index contributed by atoms with van der Waals surface area (Å²) in [4.78, 5) is 69.3. The number of nitrogens with zero attached hydrogens (tertiary/aromatic N) is 6. The second kappa shape index (κ2) is 9.37. The number of amides is 2. The highest BCUT2D eigenvalue weighted by atomic mass is 16.5. The van der Waals surface area contributed by atoms with Gasteiger partial charge in [0.1, 0.15) is 6.54 Å². The predicted octanol–water partition coefficient (Wildman–Crippen LogP) is -1.31. The van der Waals surface area contributed by atoms with Crippen LogP contribution in [-0.2, 0) is 39.8 Å². The summed E-state index contributed by atoms with van der Waals surface area (Å²) in [5.74, 6) is -1.27. The maximum absolute atomic E-state index is 12.7. The number of piperidine rings is 1. The number of hydrogen-bond donors (Lipinski definition) is 0. The monoisotopic (exact) mass is 448 g/mol. The van der Waals surface area contributed by atoms with E-state index in [1.54, 1.807) is 18.9 Å². The Kier molecular flexibility index (Phi) is 6.80. The Morgan fingerprint density at radius 2 is 1.84 bits per heavy atom. The Morgan fingerprint density at radius 1 is 1.19 bits per heavy atom. The van der Waals surface area contributed by atoms with Crippen molar-refractivity contribution in [1.82, 2.24) is 28.5 Å². The first-order valence-electron chi connectivity index (χ1n) is 10.4. The molecule has 0 radical (unpaired) electrons. The highest BCUT2D eigenvalue weighted by Gasteiger charge is 2.29. The molecule has 1 fully saturated rings. The summed E-state index contributed by atoms with van der Waals surface area (Å²) < 4.78 is 8.58. The normalized spacial score (nSPS) is 14.6. The van der Waals surface area contributed by atoms with Gasteiger partial charge >= 0.3 is 11.7 Å². The number of esters is 1. The largest absolute Gasteiger partial charge is 0.466 e. The van der Waals surface area contributed by atoms with Crippen LogP contribution in [0, 0.1) is 5.92 Å². The molecule has 0 bridgehead atoms. The number of imidazole rings is 1. The predicted molar refractivity (Wildman–Crippen MR) is 114 cm³/mol. The van der Waals surface area contributed by atoms with E-state index >= 15 is 0 Å². The Balaban J connectivity index is 1.64. The van der Waals surface area contributed by atoms with Crippen LogP contribution in [0.15, 0.2) is 15.9 Å². The van der Waals surface area contributed by atoms with Gasteiger partial charge in [0.2, 0.25) is 11.8 Å². The van der Waals surface area contributed by atoms with E-state index < -0.39 is 23.7 Å². The van der Waals surface area contributed by atoms with Gasteiger partial charge in [-0.25, -0.2) is 14.3 Å². The molecule has 1 saturated heterocycles. The van der Waals surface area contributed by atoms with Crippen LogP contribution in [0.5, 0.6) is 0 Å². The molecule has 0 N–H and O–H groups in total. The van der Waals surface area contributed by atoms with Gasteiger partial charge in [-0.3, -0.25) is 23.7 Å². The number of hydrogen-bond acceptors (Lipinski definition) is 7. The molecule has 0 spiro atoms. The number of aryl methyl sites for hydroxylation is 2. The third-order valence-electron chi connectivity index (χ3n) is 5.76. The van der Waals surface area contributed by atoms with Crippen LogP contribution in [0.4, 0.5) is 0 Å². The van der Waals surface area contributed by atoms with Crippen LogP contribution in [0.25, 0.3) is 11.2 Å². The summed E-state index contributed by atoms with van der Waals surface area (Å²) in [5.41, 5.74) is -0.823. The van der Waals surface area contributed by atoms with Crippen molar-refractivity contribution in [2.45, 2.75) is 26.3 Å². The fourth-order valence-corrected chi connectivity index (χ4v) is 3.81. The van der Waals surface area contributed by atoms with E-state index in [-0.39, 0.29) is 35.5 Å². The number of carbonyl (C=O) groups is 3. The fourth-order valence-electron chi connectivity index (χ4n) is 3.81. The third-order valence-corrected chi connectivity index (χ3v) is 5.76. The van der Waals surface area contributed by atoms with E-state index in [1.807, 2.05) is 0 Å². The Labute approximate surface area is 184 Å². The number of rotatable bonds is 6. The highest BCUT2D eigenvalue weighted by Crippen LogP contribution is 2.19. The van der Waals surface area contributed by atoms with Gasteiger partial charge in [-0.2, -0.15) is 0 Å². The van der Waals surface area contributed by atoms with E-state index in [0.29, 0.717) is 32.5 Å². The number of likely N-dealkylation sites (N-methyl/N-ethyl adjacent to an activating group) is 1. The van der Waals surface area contributed by atoms with Crippen molar-refractivity contribution < 1.29 is 19.1 Å². The summed E-state index contributed by atoms with van der Waals surface area (Å²) in [6.45, 7) is 2.21. The molecule has 1 aliphatic rings. The van der Waals surface area contributed by atoms with Crippen molar-refractivity contribution in [3.63, 3.8) is 0 Å². The lowest BCUT2D eigenvalue weighted by molar-refractivity contribution is -0.151. The number of aromatic nitrogens is 4. The minimum Gasteiger partial charge on any atom is -0.466 e. The van der Waals surface area contributed by atoms with Crippen molar-refractivity contribution >= 4 is 28.9 Å². The molecule has 3 heterocycles. The molecule has 174 valence electrons. The first kappa shape index (κ1) is 23.2. The van der Waals surface area contributed by atoms with Crippen LogP contribution in [0.2, 0.25) is 0 Å². The second-order valence-corrected chi connectivity index (χ2v) is 7.92. The summed E-state index contributed by atoms with van der Waals surface area (Å²) in [5, 5.41) is 0. The lowest BCUT2D eigenvalue weighted by Gasteiger charge is -2.32. The van der Waals surface area contributed by atoms with Crippen molar-refractivity contribution in [3.8, 4) is 0 Å². The molecule has 2 aromatic rings. The average Bonchev–Trinajstić information content (AvgIpc) is 3.16. The van der Waals surface area contributed by atoms with Gasteiger partial charge in [0.15, 0.2) is 11.2 Å². The van der Waals surface area contributed by atoms with E-state index in [2.05, 4.69) is 4.98 Å². The lowest BCUT2D eigenvalue weighted by Crippen LogP contribution is -2.48. The smallest absolute Gasteiger partial charge is 0.332 e. The Hall–Kier alpha value is -3.44. The fraction of sp³-hybridized carbons (Fsp3) is 0.600. The molecule has 0 unspecified atom stereocenters. The topological polar surface area (TPSA) is 129 Å². The molecule has 12 heteroatoms. The van der Waals surface area contributed by atoms with Gasteiger partial charge < -0.3 is 19.1 Å². The number of likely N-dealkylation sites (tertiary alicyclic amines) is 1. The second-order valence-electron chi connectivity index (χ2n) is 7.92. The molecule has 32 heavy (non-hydrogen) atoms. The number of carbonyl (C=O) groups excluding carboxylic acids is 3. The Bertz CT molecular complexity index is 1150. The van der Waals surface area contributed by atoms with Gasteiger partial charge in [-0.05, 0) is 19.8 Å². The molecule has 1 aliphatic heterocycles. The van der Waals surface area contributed by atoms with E-state index in [0.717, 1.165) is 4.57 Å². The standard InChI is InChI=1S/C20H28N6O6/c1-5-32-19(30)13-6-8-25(9-7-13)15(28)10-22(2)14(27)11-26-18(29)16-17(21-12-23(16)3)24(4)20(26)31/h12-13H,5-11H2,1-4H3. The van der Waals surface area contributed by atoms with Gasteiger partial charge in [0.25, 0.3) is 5.56 Å². The maximum Gasteiger partial charge on any atom is 0.332 e. The summed E-state index contributed by atoms with van der Waals surface area (Å²) in [6, 6.07) is 0. The number of ether oxygens (including phenoxy) is 1. The SMILES string of the molecule is CCOC(=O)C1CCN(C(=O)CN(C)C(=O)Cn2c(=O)c3c(ncn3C)n(C)c2=O)CC1. The van der Waals surface area contributed by atoms with Crippen molar-refractivity contribution in [2.24, 2.45) is 20.0 Å². The van der Waals surface area contributed by atoms with Crippen LogP contribution in [-0.4, -0.2) is 79.6 Å². The third kappa shape index (κ3) is 4.43. The zero-order chi connectivity index (χ0) is 23.6. The summed E-state index contributed by atoms with van der Waals surface area (Å²) >= 11 is 0. The van der Waals surface area contributed by atoms with E-state index in [1.165, 1.54) is 34.5 Å². The van der Waals surface area contributed by atoms with Crippen LogP contribution < -0.4 is 11.2 Å². The minimum absolute atomic E-state index is 0.189. The number of fused-ring (bicyclic) bond motifs is 1. The quantitative estimate of drug-likeness (QED) is 0.502. The zero-order valence-electron chi connectivity index (χ0n) is 18.7. The Morgan fingerprint density at radius 3 is 2.47 bits per heavy atom. The summed E-state index contributed by atoms with van der Waals surface area (Å²) in [6.07, 6.45) is 2.45. The van der Waals surface area contributed by atoms with Crippen molar-refractivity contribution in [2.75, 3.05) is 33.3 Å². The molecule has 0 saturated carbocycles. The molecule has 0 aromatic carbocycles. The van der Waals surface area contributed by atoms with Crippen molar-refractivity contribution in [1.29, 1.82) is 0 Å². The molecule has 2 amide bonds. The van der Waals surface area contributed by atoms with Gasteiger partial charge in [0.05, 0.1) is 25.4 Å². The lowest BCUT2D eigenvalue weighted by atomic mass is 9.97. The first-order chi connectivity index (χ1) is 15.1. The molecule has 0 atom stereocenters. The minimum atomic E-state index is -0.657. The molecule has 3 rings (SSSR count). The van der Waals surface area contributed by atoms with Crippen LogP contribution in [0.3, 0.4) is 0 Å². The summed E-state index contributed by atoms with van der Waals surface area (Å²) in [7, 11) is 4.55. The van der Waals surface area contributed by atoms with Crippen LogP contribution in [0.1, 0.15) is 19.8 Å². The highest BCUT2D eigenvalue weighted by molar-refractivity contribution is 5.85. The molecular formula is C20H28N6O6. The van der Waals surface area contributed by atoms with Crippen LogP contribution >= 0.6 is 0 Å².